The highest BCUT2D eigenvalue weighted by Crippen LogP contribution is 2.32. The van der Waals surface area contributed by atoms with Gasteiger partial charge in [0.1, 0.15) is 0 Å². The minimum absolute atomic E-state index is 0.112. The van der Waals surface area contributed by atoms with E-state index < -0.39 is 0 Å². The molecule has 1 rings (SSSR count). The average molecular weight is 237 g/mol. The largest absolute Gasteiger partial charge is 0.371 e. The van der Waals surface area contributed by atoms with Crippen molar-refractivity contribution in [1.29, 1.82) is 0 Å². The zero-order valence-corrected chi connectivity index (χ0v) is 11.0. The van der Waals surface area contributed by atoms with Crippen molar-refractivity contribution in [3.63, 3.8) is 0 Å². The third kappa shape index (κ3) is 4.41. The molecule has 14 heavy (non-hydrogen) atoms. The van der Waals surface area contributed by atoms with E-state index in [2.05, 4.69) is 20.8 Å². The summed E-state index contributed by atoms with van der Waals surface area (Å²) < 4.78 is 5.92. The minimum atomic E-state index is 0.112. The smallest absolute Gasteiger partial charge is 0.0673 e. The third-order valence-electron chi connectivity index (χ3n) is 2.64. The zero-order chi connectivity index (χ0) is 10.6. The van der Waals surface area contributed by atoms with Crippen molar-refractivity contribution < 1.29 is 4.74 Å². The molecule has 0 N–H and O–H groups in total. The van der Waals surface area contributed by atoms with Gasteiger partial charge in [-0.15, -0.1) is 11.6 Å². The minimum Gasteiger partial charge on any atom is -0.371 e. The lowest BCUT2D eigenvalue weighted by atomic mass is 10.1. The molecule has 1 fully saturated rings. The van der Waals surface area contributed by atoms with Crippen LogP contribution in [0.5, 0.6) is 0 Å². The maximum absolute atomic E-state index is 5.92. The van der Waals surface area contributed by atoms with Crippen LogP contribution in [0.25, 0.3) is 0 Å². The van der Waals surface area contributed by atoms with Gasteiger partial charge in [-0.1, -0.05) is 6.92 Å². The lowest BCUT2D eigenvalue weighted by molar-refractivity contribution is -0.00469. The predicted molar refractivity (Wildman–Crippen MR) is 65.4 cm³/mol. The van der Waals surface area contributed by atoms with Crippen LogP contribution in [0.1, 0.15) is 40.0 Å². The van der Waals surface area contributed by atoms with Crippen molar-refractivity contribution >= 4 is 23.4 Å². The Labute approximate surface area is 96.9 Å². The van der Waals surface area contributed by atoms with Gasteiger partial charge in [0.25, 0.3) is 0 Å². The van der Waals surface area contributed by atoms with Gasteiger partial charge in [-0.2, -0.15) is 11.8 Å². The number of ether oxygens (including phenoxy) is 1. The first-order valence-electron chi connectivity index (χ1n) is 5.39. The molecule has 1 aliphatic rings. The molecule has 3 heteroatoms. The topological polar surface area (TPSA) is 9.23 Å². The lowest BCUT2D eigenvalue weighted by Crippen LogP contribution is -2.21. The molecule has 0 aromatic carbocycles. The van der Waals surface area contributed by atoms with Crippen molar-refractivity contribution in [2.24, 2.45) is 0 Å². The van der Waals surface area contributed by atoms with Gasteiger partial charge in [-0.25, -0.2) is 0 Å². The van der Waals surface area contributed by atoms with Crippen LogP contribution in [0.3, 0.4) is 0 Å². The number of rotatable bonds is 5. The number of thioether (sulfide) groups is 1. The number of halogens is 1. The molecule has 2 unspecified atom stereocenters. The van der Waals surface area contributed by atoms with Gasteiger partial charge in [0, 0.05) is 16.9 Å². The van der Waals surface area contributed by atoms with Gasteiger partial charge in [-0.05, 0) is 33.1 Å². The van der Waals surface area contributed by atoms with Gasteiger partial charge in [0.05, 0.1) is 11.7 Å². The molecule has 2 atom stereocenters. The van der Waals surface area contributed by atoms with Crippen LogP contribution < -0.4 is 0 Å². The van der Waals surface area contributed by atoms with E-state index in [1.165, 1.54) is 12.8 Å². The maximum atomic E-state index is 5.92. The monoisotopic (exact) mass is 236 g/mol. The molecular weight excluding hydrogens is 216 g/mol. The summed E-state index contributed by atoms with van der Waals surface area (Å²) in [6.45, 7) is 6.60. The molecule has 0 aromatic heterocycles. The Morgan fingerprint density at radius 1 is 1.57 bits per heavy atom. The molecular formula is C11H21ClOS. The molecule has 0 aromatic rings. The highest BCUT2D eigenvalue weighted by atomic mass is 35.5. The highest BCUT2D eigenvalue weighted by Gasteiger charge is 2.31. The molecule has 0 aliphatic carbocycles. The quantitative estimate of drug-likeness (QED) is 0.674. The summed E-state index contributed by atoms with van der Waals surface area (Å²) in [5.74, 6) is 1.90. The molecule has 1 nitrogen and oxygen atoms in total. The first-order chi connectivity index (χ1) is 6.53. The molecule has 1 heterocycles. The van der Waals surface area contributed by atoms with Crippen LogP contribution in [0.15, 0.2) is 0 Å². The first kappa shape index (κ1) is 12.7. The normalized spacial score (nSPS) is 27.9. The SMILES string of the molecule is CC(CCCl)SCC1CCC(C)(C)O1. The fourth-order valence-corrected chi connectivity index (χ4v) is 3.22. The van der Waals surface area contributed by atoms with E-state index in [-0.39, 0.29) is 5.60 Å². The Bertz CT molecular complexity index is 173. The van der Waals surface area contributed by atoms with E-state index in [9.17, 15) is 0 Å². The Kier molecular flexibility index (Phi) is 5.09. The van der Waals surface area contributed by atoms with Crippen LogP contribution >= 0.6 is 23.4 Å². The predicted octanol–water partition coefficient (Wildman–Crippen LogP) is 3.69. The third-order valence-corrected chi connectivity index (χ3v) is 4.22. The number of hydrogen-bond acceptors (Lipinski definition) is 2. The molecule has 84 valence electrons. The first-order valence-corrected chi connectivity index (χ1v) is 6.97. The van der Waals surface area contributed by atoms with Crippen molar-refractivity contribution in [2.75, 3.05) is 11.6 Å². The fraction of sp³-hybridized carbons (Fsp3) is 1.00. The van der Waals surface area contributed by atoms with Gasteiger partial charge in [-0.3, -0.25) is 0 Å². The average Bonchev–Trinajstić information content (AvgIpc) is 2.43. The van der Waals surface area contributed by atoms with Gasteiger partial charge < -0.3 is 4.74 Å². The number of hydrogen-bond donors (Lipinski definition) is 0. The summed E-state index contributed by atoms with van der Waals surface area (Å²) in [6, 6.07) is 0. The summed E-state index contributed by atoms with van der Waals surface area (Å²) in [4.78, 5) is 0. The fourth-order valence-electron chi connectivity index (χ4n) is 1.70. The van der Waals surface area contributed by atoms with Crippen molar-refractivity contribution in [2.45, 2.75) is 57.0 Å². The van der Waals surface area contributed by atoms with E-state index >= 15 is 0 Å². The van der Waals surface area contributed by atoms with Crippen LogP contribution in [-0.4, -0.2) is 28.6 Å². The molecule has 0 radical (unpaired) electrons. The van der Waals surface area contributed by atoms with Crippen molar-refractivity contribution in [1.82, 2.24) is 0 Å². The van der Waals surface area contributed by atoms with Gasteiger partial charge in [0.15, 0.2) is 0 Å². The van der Waals surface area contributed by atoms with E-state index in [0.29, 0.717) is 11.4 Å². The zero-order valence-electron chi connectivity index (χ0n) is 9.38. The van der Waals surface area contributed by atoms with Crippen LogP contribution in [0, 0.1) is 0 Å². The summed E-state index contributed by atoms with van der Waals surface area (Å²) >= 11 is 7.68. The molecule has 1 saturated heterocycles. The Hall–Kier alpha value is 0.600. The maximum Gasteiger partial charge on any atom is 0.0673 e. The second-order valence-corrected chi connectivity index (χ2v) is 6.51. The molecule has 1 aliphatic heterocycles. The Balaban J connectivity index is 2.14. The van der Waals surface area contributed by atoms with E-state index in [1.54, 1.807) is 0 Å². The highest BCUT2D eigenvalue weighted by molar-refractivity contribution is 7.99. The Morgan fingerprint density at radius 3 is 2.79 bits per heavy atom. The summed E-state index contributed by atoms with van der Waals surface area (Å²) in [5, 5.41) is 0.666. The standard InChI is InChI=1S/C11H21ClOS/c1-9(5-7-12)14-8-10-4-6-11(2,3)13-10/h9-10H,4-8H2,1-3H3. The van der Waals surface area contributed by atoms with Gasteiger partial charge in [0.2, 0.25) is 0 Å². The Morgan fingerprint density at radius 2 is 2.29 bits per heavy atom. The lowest BCUT2D eigenvalue weighted by Gasteiger charge is -2.20. The van der Waals surface area contributed by atoms with Crippen LogP contribution in [0.4, 0.5) is 0 Å². The van der Waals surface area contributed by atoms with E-state index in [4.69, 9.17) is 16.3 Å². The summed E-state index contributed by atoms with van der Waals surface area (Å²) in [7, 11) is 0. The second kappa shape index (κ2) is 5.62. The molecule has 0 bridgehead atoms. The number of alkyl halides is 1. The van der Waals surface area contributed by atoms with Gasteiger partial charge >= 0.3 is 0 Å². The van der Waals surface area contributed by atoms with Crippen LogP contribution in [0.2, 0.25) is 0 Å². The summed E-state index contributed by atoms with van der Waals surface area (Å²) in [6.07, 6.45) is 3.98. The second-order valence-electron chi connectivity index (χ2n) is 4.66. The van der Waals surface area contributed by atoms with Crippen LogP contribution in [-0.2, 0) is 4.74 Å². The van der Waals surface area contributed by atoms with Crippen molar-refractivity contribution in [3.8, 4) is 0 Å². The van der Waals surface area contributed by atoms with E-state index in [0.717, 1.165) is 18.1 Å². The van der Waals surface area contributed by atoms with Crippen molar-refractivity contribution in [3.05, 3.63) is 0 Å². The molecule has 0 saturated carbocycles. The van der Waals surface area contributed by atoms with E-state index in [1.807, 2.05) is 11.8 Å². The molecule has 0 spiro atoms. The summed E-state index contributed by atoms with van der Waals surface area (Å²) in [5.41, 5.74) is 0.112. The molecule has 0 amide bonds.